The van der Waals surface area contributed by atoms with E-state index in [1.165, 1.54) is 16.8 Å². The average Bonchev–Trinajstić information content (AvgIpc) is 3.32. The Morgan fingerprint density at radius 3 is 2.53 bits per heavy atom. The summed E-state index contributed by atoms with van der Waals surface area (Å²) in [5.74, 6) is -0.535. The van der Waals surface area contributed by atoms with Gasteiger partial charge in [0.25, 0.3) is 5.91 Å². The number of rotatable bonds is 3. The molecular formula is C24H16Cl3N5OS. The van der Waals surface area contributed by atoms with Crippen molar-refractivity contribution in [1.82, 2.24) is 9.58 Å². The van der Waals surface area contributed by atoms with E-state index in [1.807, 2.05) is 48.7 Å². The second-order valence-corrected chi connectivity index (χ2v) is 9.87. The fraction of sp³-hybridized carbons (Fsp3) is 0.0833. The number of carbonyl (C=O) groups is 1. The normalized spacial score (nSPS) is 16.7. The fourth-order valence-corrected chi connectivity index (χ4v) is 5.56. The molecule has 0 unspecified atom stereocenters. The summed E-state index contributed by atoms with van der Waals surface area (Å²) < 4.78 is 1.98. The van der Waals surface area contributed by atoms with Gasteiger partial charge in [-0.1, -0.05) is 53.0 Å². The van der Waals surface area contributed by atoms with Crippen LogP contribution in [-0.2, 0) is 4.79 Å². The van der Waals surface area contributed by atoms with Crippen molar-refractivity contribution in [2.75, 3.05) is 0 Å². The van der Waals surface area contributed by atoms with E-state index in [2.05, 4.69) is 10.1 Å². The molecule has 34 heavy (non-hydrogen) atoms. The molecule has 170 valence electrons. The molecule has 1 amide bonds. The highest BCUT2D eigenvalue weighted by molar-refractivity contribution is 8.27. The highest BCUT2D eigenvalue weighted by atomic mass is 35.5. The van der Waals surface area contributed by atoms with Gasteiger partial charge in [-0.05, 0) is 67.6 Å². The van der Waals surface area contributed by atoms with Crippen LogP contribution in [0.2, 0.25) is 15.1 Å². The van der Waals surface area contributed by atoms with Crippen molar-refractivity contribution in [1.29, 1.82) is 5.41 Å². The summed E-state index contributed by atoms with van der Waals surface area (Å²) in [6.07, 6.45) is 1.67. The van der Waals surface area contributed by atoms with Crippen molar-refractivity contribution in [2.24, 2.45) is 10.1 Å². The van der Waals surface area contributed by atoms with Gasteiger partial charge in [-0.2, -0.15) is 15.1 Å². The number of benzene rings is 2. The van der Waals surface area contributed by atoms with Crippen molar-refractivity contribution >= 4 is 74.6 Å². The number of amidine groups is 2. The number of hydrazone groups is 1. The lowest BCUT2D eigenvalue weighted by Gasteiger charge is -2.20. The summed E-state index contributed by atoms with van der Waals surface area (Å²) in [4.78, 5) is 17.0. The number of hydrogen-bond acceptors (Lipinski definition) is 4. The summed E-state index contributed by atoms with van der Waals surface area (Å²) in [5.41, 5.74) is 4.21. The smallest absolute Gasteiger partial charge is 0.283 e. The lowest BCUT2D eigenvalue weighted by atomic mass is 10.1. The predicted molar refractivity (Wildman–Crippen MR) is 141 cm³/mol. The molecule has 0 saturated carbocycles. The van der Waals surface area contributed by atoms with Crippen LogP contribution in [0.5, 0.6) is 0 Å². The highest BCUT2D eigenvalue weighted by Crippen LogP contribution is 2.34. The molecule has 0 atom stereocenters. The lowest BCUT2D eigenvalue weighted by Crippen LogP contribution is -2.35. The van der Waals surface area contributed by atoms with Crippen LogP contribution in [0.25, 0.3) is 11.8 Å². The van der Waals surface area contributed by atoms with Gasteiger partial charge in [0.2, 0.25) is 5.17 Å². The van der Waals surface area contributed by atoms with E-state index in [0.29, 0.717) is 25.3 Å². The van der Waals surface area contributed by atoms with E-state index in [1.54, 1.807) is 24.3 Å². The molecule has 0 aliphatic carbocycles. The highest BCUT2D eigenvalue weighted by Gasteiger charge is 2.36. The largest absolute Gasteiger partial charge is 0.316 e. The van der Waals surface area contributed by atoms with E-state index in [4.69, 9.17) is 40.2 Å². The summed E-state index contributed by atoms with van der Waals surface area (Å²) in [6, 6.07) is 14.5. The van der Waals surface area contributed by atoms with E-state index in [0.717, 1.165) is 28.2 Å². The third-order valence-corrected chi connectivity index (χ3v) is 7.29. The zero-order valence-corrected chi connectivity index (χ0v) is 21.0. The van der Waals surface area contributed by atoms with Gasteiger partial charge in [-0.3, -0.25) is 10.2 Å². The number of nitrogens with zero attached hydrogens (tertiary/aromatic N) is 4. The summed E-state index contributed by atoms with van der Waals surface area (Å²) >= 11 is 20.0. The average molecular weight is 529 g/mol. The molecule has 1 aromatic heterocycles. The monoisotopic (exact) mass is 527 g/mol. The first-order valence-corrected chi connectivity index (χ1v) is 12.1. The Morgan fingerprint density at radius 2 is 1.79 bits per heavy atom. The van der Waals surface area contributed by atoms with Gasteiger partial charge in [0.15, 0.2) is 5.84 Å². The topological polar surface area (TPSA) is 73.8 Å². The van der Waals surface area contributed by atoms with E-state index >= 15 is 0 Å². The van der Waals surface area contributed by atoms with Gasteiger partial charge in [-0.15, -0.1) is 0 Å². The second kappa shape index (κ2) is 8.74. The first-order valence-electron chi connectivity index (χ1n) is 10.1. The number of nitrogens with one attached hydrogen (secondary N) is 1. The van der Waals surface area contributed by atoms with Gasteiger partial charge in [0.1, 0.15) is 5.04 Å². The van der Waals surface area contributed by atoms with E-state index < -0.39 is 5.91 Å². The minimum absolute atomic E-state index is 0.0427. The molecular weight excluding hydrogens is 513 g/mol. The number of amides is 1. The van der Waals surface area contributed by atoms with E-state index in [-0.39, 0.29) is 11.4 Å². The van der Waals surface area contributed by atoms with Crippen LogP contribution >= 0.6 is 46.6 Å². The van der Waals surface area contributed by atoms with Crippen LogP contribution < -0.4 is 0 Å². The van der Waals surface area contributed by atoms with Crippen molar-refractivity contribution < 1.29 is 4.79 Å². The van der Waals surface area contributed by atoms with Gasteiger partial charge >= 0.3 is 0 Å². The first-order chi connectivity index (χ1) is 16.2. The number of hydrogen-bond donors (Lipinski definition) is 1. The van der Waals surface area contributed by atoms with Crippen LogP contribution in [0, 0.1) is 19.3 Å². The predicted octanol–water partition coefficient (Wildman–Crippen LogP) is 6.72. The number of aliphatic imine (C=N–C) groups is 1. The van der Waals surface area contributed by atoms with Crippen molar-refractivity contribution in [3.63, 3.8) is 0 Å². The third kappa shape index (κ3) is 3.88. The van der Waals surface area contributed by atoms with Crippen LogP contribution in [-0.4, -0.2) is 31.5 Å². The quantitative estimate of drug-likeness (QED) is 0.383. The first kappa shape index (κ1) is 22.9. The van der Waals surface area contributed by atoms with Crippen LogP contribution in [0.1, 0.15) is 22.5 Å². The summed E-state index contributed by atoms with van der Waals surface area (Å²) in [7, 11) is 0. The molecule has 6 nitrogen and oxygen atoms in total. The Hall–Kier alpha value is -2.84. The molecule has 2 aliphatic rings. The maximum Gasteiger partial charge on any atom is 0.283 e. The minimum atomic E-state index is -0.492. The second-order valence-electron chi connectivity index (χ2n) is 7.66. The Morgan fingerprint density at radius 1 is 1.03 bits per heavy atom. The third-order valence-electron chi connectivity index (χ3n) is 5.48. The molecule has 0 radical (unpaired) electrons. The zero-order valence-electron chi connectivity index (χ0n) is 17.9. The molecule has 0 bridgehead atoms. The number of aryl methyl sites for hydroxylation is 1. The van der Waals surface area contributed by atoms with Gasteiger partial charge in [-0.25, -0.2) is 0 Å². The summed E-state index contributed by atoms with van der Waals surface area (Å²) in [5, 5.41) is 17.1. The lowest BCUT2D eigenvalue weighted by molar-refractivity contribution is -0.114. The fourth-order valence-electron chi connectivity index (χ4n) is 3.86. The van der Waals surface area contributed by atoms with Gasteiger partial charge < -0.3 is 4.57 Å². The van der Waals surface area contributed by atoms with Gasteiger partial charge in [0.05, 0.1) is 21.3 Å². The molecule has 3 aromatic rings. The SMILES string of the molecule is Cc1cc(/C=C2\C(=N)N3N=C(c4ccccc4Cl)SC3=NC2=O)c(C)n1-c1ccc(Cl)cc1Cl. The van der Waals surface area contributed by atoms with Crippen molar-refractivity contribution in [2.45, 2.75) is 13.8 Å². The maximum absolute atomic E-state index is 12.9. The van der Waals surface area contributed by atoms with Crippen LogP contribution in [0.4, 0.5) is 0 Å². The molecule has 0 saturated heterocycles. The van der Waals surface area contributed by atoms with Gasteiger partial charge in [0, 0.05) is 22.0 Å². The molecule has 0 spiro atoms. The minimum Gasteiger partial charge on any atom is -0.316 e. The number of halogens is 3. The van der Waals surface area contributed by atoms with Crippen LogP contribution in [0.3, 0.4) is 0 Å². The van der Waals surface area contributed by atoms with Crippen molar-refractivity contribution in [3.8, 4) is 5.69 Å². The summed E-state index contributed by atoms with van der Waals surface area (Å²) in [6.45, 7) is 3.87. The Balaban J connectivity index is 1.53. The van der Waals surface area contributed by atoms with E-state index in [9.17, 15) is 4.79 Å². The Labute approximate surface area is 215 Å². The molecule has 10 heteroatoms. The number of carbonyl (C=O) groups excluding carboxylic acids is 1. The molecule has 0 fully saturated rings. The molecule has 3 heterocycles. The Bertz CT molecular complexity index is 1490. The van der Waals surface area contributed by atoms with Crippen LogP contribution in [0.15, 0.2) is 64.2 Å². The molecule has 1 N–H and O–H groups in total. The van der Waals surface area contributed by atoms with Crippen molar-refractivity contribution in [3.05, 3.63) is 91.7 Å². The standard InChI is InChI=1S/C24H16Cl3N5OS/c1-12-9-14(13(2)31(12)20-8-7-15(25)11-19(20)27)10-17-21(28)32-24(29-22(17)33)34-23(30-32)16-5-3-4-6-18(16)26/h3-11,28H,1-2H3/b17-10+,28-21?. The number of fused-ring (bicyclic) bond motifs is 1. The zero-order chi connectivity index (χ0) is 24.1. The Kier molecular flexibility index (Phi) is 5.90. The molecule has 2 aliphatic heterocycles. The molecule has 5 rings (SSSR count). The number of aromatic nitrogens is 1. The maximum atomic E-state index is 12.9. The molecule has 2 aromatic carbocycles. The number of thioether (sulfide) groups is 1.